The topological polar surface area (TPSA) is 64.9 Å². The zero-order valence-corrected chi connectivity index (χ0v) is 14.8. The van der Waals surface area contributed by atoms with Crippen LogP contribution < -0.4 is 10.1 Å². The molecule has 0 saturated carbocycles. The lowest BCUT2D eigenvalue weighted by molar-refractivity contribution is 0.208. The highest BCUT2D eigenvalue weighted by atomic mass is 16.5. The predicted octanol–water partition coefficient (Wildman–Crippen LogP) is 3.55. The first kappa shape index (κ1) is 17.0. The summed E-state index contributed by atoms with van der Waals surface area (Å²) in [5.74, 6) is 2.34. The van der Waals surface area contributed by atoms with Gasteiger partial charge in [-0.25, -0.2) is 4.68 Å². The molecule has 130 valence electrons. The molecule has 0 spiro atoms. The molecule has 0 bridgehead atoms. The molecule has 3 rings (SSSR count). The van der Waals surface area contributed by atoms with Crippen LogP contribution in [-0.4, -0.2) is 32.6 Å². The van der Waals surface area contributed by atoms with E-state index >= 15 is 0 Å². The van der Waals surface area contributed by atoms with Crippen molar-refractivity contribution in [2.45, 2.75) is 33.3 Å². The minimum absolute atomic E-state index is 0.0661. The lowest BCUT2D eigenvalue weighted by Crippen LogP contribution is -2.26. The second-order valence-electron chi connectivity index (χ2n) is 5.97. The van der Waals surface area contributed by atoms with Gasteiger partial charge < -0.3 is 10.1 Å². The summed E-state index contributed by atoms with van der Waals surface area (Å²) in [6.45, 7) is 6.77. The van der Waals surface area contributed by atoms with Crippen LogP contribution >= 0.6 is 0 Å². The van der Waals surface area contributed by atoms with Crippen molar-refractivity contribution in [1.29, 1.82) is 0 Å². The Kier molecular flexibility index (Phi) is 5.28. The van der Waals surface area contributed by atoms with Gasteiger partial charge in [0, 0.05) is 6.20 Å². The molecule has 3 aromatic rings. The number of aromatic nitrogens is 4. The predicted molar refractivity (Wildman–Crippen MR) is 98.3 cm³/mol. The summed E-state index contributed by atoms with van der Waals surface area (Å²) in [6, 6.07) is 13.8. The standard InChI is InChI=1S/C19H23N5O/c1-4-16(25-17-8-6-5-7-14(17)2)13-20-18-9-10-19(22-21-18)24-12-11-15(3)23-24/h5-12,16H,4,13H2,1-3H3,(H,20,21). The summed E-state index contributed by atoms with van der Waals surface area (Å²) in [5, 5.41) is 16.0. The van der Waals surface area contributed by atoms with E-state index in [0.717, 1.165) is 29.2 Å². The fraction of sp³-hybridized carbons (Fsp3) is 0.316. The molecular formula is C19H23N5O. The van der Waals surface area contributed by atoms with Crippen LogP contribution in [0.25, 0.3) is 5.82 Å². The average molecular weight is 337 g/mol. The first-order chi connectivity index (χ1) is 12.2. The lowest BCUT2D eigenvalue weighted by Gasteiger charge is -2.19. The maximum absolute atomic E-state index is 6.09. The van der Waals surface area contributed by atoms with E-state index in [1.165, 1.54) is 0 Å². The molecular weight excluding hydrogens is 314 g/mol. The van der Waals surface area contributed by atoms with Gasteiger partial charge in [0.1, 0.15) is 17.7 Å². The largest absolute Gasteiger partial charge is 0.488 e. The first-order valence-electron chi connectivity index (χ1n) is 8.48. The van der Waals surface area contributed by atoms with E-state index in [-0.39, 0.29) is 6.10 Å². The van der Waals surface area contributed by atoms with Crippen LogP contribution in [0, 0.1) is 13.8 Å². The monoisotopic (exact) mass is 337 g/mol. The summed E-state index contributed by atoms with van der Waals surface area (Å²) >= 11 is 0. The summed E-state index contributed by atoms with van der Waals surface area (Å²) in [7, 11) is 0. The van der Waals surface area contributed by atoms with Crippen LogP contribution in [0.1, 0.15) is 24.6 Å². The van der Waals surface area contributed by atoms with Gasteiger partial charge in [-0.3, -0.25) is 0 Å². The summed E-state index contributed by atoms with van der Waals surface area (Å²) in [5.41, 5.74) is 2.09. The Balaban J connectivity index is 1.59. The second-order valence-corrected chi connectivity index (χ2v) is 5.97. The number of aryl methyl sites for hydroxylation is 2. The molecule has 1 atom stereocenters. The highest BCUT2D eigenvalue weighted by molar-refractivity contribution is 5.37. The molecule has 0 aliphatic heterocycles. The third kappa shape index (κ3) is 4.35. The van der Waals surface area contributed by atoms with Gasteiger partial charge in [-0.15, -0.1) is 10.2 Å². The second kappa shape index (κ2) is 7.79. The Morgan fingerprint density at radius 1 is 1.08 bits per heavy atom. The number of rotatable bonds is 7. The Bertz CT molecular complexity index is 813. The Hall–Kier alpha value is -2.89. The lowest BCUT2D eigenvalue weighted by atomic mass is 10.2. The van der Waals surface area contributed by atoms with Gasteiger partial charge in [0.05, 0.1) is 12.2 Å². The van der Waals surface area contributed by atoms with E-state index < -0.39 is 0 Å². The van der Waals surface area contributed by atoms with E-state index in [1.54, 1.807) is 4.68 Å². The van der Waals surface area contributed by atoms with Crippen molar-refractivity contribution in [2.24, 2.45) is 0 Å². The van der Waals surface area contributed by atoms with Crippen molar-refractivity contribution in [3.05, 3.63) is 59.9 Å². The highest BCUT2D eigenvalue weighted by Gasteiger charge is 2.10. The molecule has 0 saturated heterocycles. The molecule has 1 unspecified atom stereocenters. The average Bonchev–Trinajstić information content (AvgIpc) is 3.07. The molecule has 0 fully saturated rings. The van der Waals surface area contributed by atoms with Crippen molar-refractivity contribution in [2.75, 3.05) is 11.9 Å². The highest BCUT2D eigenvalue weighted by Crippen LogP contribution is 2.19. The normalized spacial score (nSPS) is 12.0. The van der Waals surface area contributed by atoms with E-state index in [9.17, 15) is 0 Å². The number of hydrogen-bond acceptors (Lipinski definition) is 5. The van der Waals surface area contributed by atoms with Crippen LogP contribution in [0.2, 0.25) is 0 Å². The number of ether oxygens (including phenoxy) is 1. The molecule has 1 aromatic carbocycles. The van der Waals surface area contributed by atoms with Crippen LogP contribution in [0.3, 0.4) is 0 Å². The number of hydrogen-bond donors (Lipinski definition) is 1. The van der Waals surface area contributed by atoms with Crippen LogP contribution in [-0.2, 0) is 0 Å². The molecule has 0 aliphatic rings. The van der Waals surface area contributed by atoms with Crippen molar-refractivity contribution in [3.8, 4) is 11.6 Å². The molecule has 0 amide bonds. The zero-order chi connectivity index (χ0) is 17.6. The van der Waals surface area contributed by atoms with Gasteiger partial charge in [0.25, 0.3) is 0 Å². The fourth-order valence-corrected chi connectivity index (χ4v) is 2.44. The van der Waals surface area contributed by atoms with Gasteiger partial charge in [0.15, 0.2) is 5.82 Å². The Morgan fingerprint density at radius 3 is 2.56 bits per heavy atom. The number of para-hydroxylation sites is 1. The molecule has 2 aromatic heterocycles. The van der Waals surface area contributed by atoms with E-state index in [1.807, 2.05) is 49.5 Å². The zero-order valence-electron chi connectivity index (χ0n) is 14.8. The maximum Gasteiger partial charge on any atom is 0.175 e. The molecule has 2 heterocycles. The van der Waals surface area contributed by atoms with Crippen LogP contribution in [0.4, 0.5) is 5.82 Å². The van der Waals surface area contributed by atoms with Gasteiger partial charge in [0.2, 0.25) is 0 Å². The van der Waals surface area contributed by atoms with Crippen molar-refractivity contribution >= 4 is 5.82 Å². The molecule has 0 aliphatic carbocycles. The smallest absolute Gasteiger partial charge is 0.175 e. The Morgan fingerprint density at radius 2 is 1.92 bits per heavy atom. The molecule has 6 heteroatoms. The molecule has 6 nitrogen and oxygen atoms in total. The third-order valence-corrected chi connectivity index (χ3v) is 3.96. The van der Waals surface area contributed by atoms with E-state index in [2.05, 4.69) is 40.5 Å². The van der Waals surface area contributed by atoms with Gasteiger partial charge in [-0.1, -0.05) is 25.1 Å². The number of anilines is 1. The third-order valence-electron chi connectivity index (χ3n) is 3.96. The SMILES string of the molecule is CCC(CNc1ccc(-n2ccc(C)n2)nn1)Oc1ccccc1C. The number of benzene rings is 1. The summed E-state index contributed by atoms with van der Waals surface area (Å²) in [4.78, 5) is 0. The van der Waals surface area contributed by atoms with E-state index in [4.69, 9.17) is 4.74 Å². The van der Waals surface area contributed by atoms with Crippen molar-refractivity contribution < 1.29 is 4.74 Å². The van der Waals surface area contributed by atoms with Gasteiger partial charge in [-0.2, -0.15) is 5.10 Å². The minimum atomic E-state index is 0.0661. The number of nitrogens with zero attached hydrogens (tertiary/aromatic N) is 4. The quantitative estimate of drug-likeness (QED) is 0.714. The van der Waals surface area contributed by atoms with Gasteiger partial charge >= 0.3 is 0 Å². The van der Waals surface area contributed by atoms with Crippen molar-refractivity contribution in [1.82, 2.24) is 20.0 Å². The van der Waals surface area contributed by atoms with Gasteiger partial charge in [-0.05, 0) is 50.1 Å². The molecule has 0 radical (unpaired) electrons. The first-order valence-corrected chi connectivity index (χ1v) is 8.48. The summed E-state index contributed by atoms with van der Waals surface area (Å²) in [6.07, 6.45) is 2.84. The van der Waals surface area contributed by atoms with Crippen molar-refractivity contribution in [3.63, 3.8) is 0 Å². The minimum Gasteiger partial charge on any atom is -0.488 e. The van der Waals surface area contributed by atoms with Crippen LogP contribution in [0.15, 0.2) is 48.7 Å². The number of nitrogens with one attached hydrogen (secondary N) is 1. The maximum atomic E-state index is 6.09. The Labute approximate surface area is 147 Å². The molecule has 1 N–H and O–H groups in total. The summed E-state index contributed by atoms with van der Waals surface area (Å²) < 4.78 is 7.80. The fourth-order valence-electron chi connectivity index (χ4n) is 2.44. The van der Waals surface area contributed by atoms with Crippen LogP contribution in [0.5, 0.6) is 5.75 Å². The van der Waals surface area contributed by atoms with E-state index in [0.29, 0.717) is 12.4 Å². The molecule has 25 heavy (non-hydrogen) atoms.